The molecule has 18 heavy (non-hydrogen) atoms. The number of aromatic nitrogens is 2. The Morgan fingerprint density at radius 3 is 2.61 bits per heavy atom. The third-order valence-electron chi connectivity index (χ3n) is 2.46. The van der Waals surface area contributed by atoms with Crippen LogP contribution < -0.4 is 16.6 Å². The lowest BCUT2D eigenvalue weighted by Crippen LogP contribution is -2.33. The molecule has 0 radical (unpaired) electrons. The number of anilines is 1. The minimum Gasteiger partial charge on any atom is -0.369 e. The second-order valence-electron chi connectivity index (χ2n) is 4.19. The third kappa shape index (κ3) is 3.27. The van der Waals surface area contributed by atoms with Gasteiger partial charge in [-0.3, -0.25) is 14.3 Å². The van der Waals surface area contributed by atoms with Crippen molar-refractivity contribution in [1.29, 1.82) is 0 Å². The summed E-state index contributed by atoms with van der Waals surface area (Å²) in [6.07, 6.45) is 0.808. The van der Waals surface area contributed by atoms with Gasteiger partial charge in [-0.25, -0.2) is 4.79 Å². The summed E-state index contributed by atoms with van der Waals surface area (Å²) in [5, 5.41) is 5.50. The van der Waals surface area contributed by atoms with Gasteiger partial charge in [0.1, 0.15) is 5.82 Å². The Balaban J connectivity index is 2.86. The smallest absolute Gasteiger partial charge is 0.329 e. The number of nitrogens with one attached hydrogen (secondary N) is 2. The predicted octanol–water partition coefficient (Wildman–Crippen LogP) is -0.165. The number of aromatic amines is 1. The van der Waals surface area contributed by atoms with Crippen LogP contribution in [0.2, 0.25) is 0 Å². The zero-order valence-electron chi connectivity index (χ0n) is 10.7. The Labute approximate surface area is 104 Å². The van der Waals surface area contributed by atoms with Gasteiger partial charge in [-0.05, 0) is 32.2 Å². The Bertz CT molecular complexity index is 531. The maximum absolute atomic E-state index is 11.6. The van der Waals surface area contributed by atoms with Gasteiger partial charge in [0, 0.05) is 13.6 Å². The third-order valence-corrected chi connectivity index (χ3v) is 2.46. The Hall–Kier alpha value is -1.96. The van der Waals surface area contributed by atoms with Crippen molar-refractivity contribution in [2.45, 2.75) is 6.42 Å². The van der Waals surface area contributed by atoms with Crippen molar-refractivity contribution in [2.24, 2.45) is 12.2 Å². The van der Waals surface area contributed by atoms with Crippen LogP contribution in [0.15, 0.2) is 14.8 Å². The van der Waals surface area contributed by atoms with Gasteiger partial charge in [-0.1, -0.05) is 0 Å². The number of nitroso groups, excluding NO2 is 1. The van der Waals surface area contributed by atoms with E-state index in [0.29, 0.717) is 6.54 Å². The molecule has 0 spiro atoms. The van der Waals surface area contributed by atoms with Crippen LogP contribution in [-0.2, 0) is 7.05 Å². The Morgan fingerprint density at radius 1 is 1.39 bits per heavy atom. The molecule has 0 atom stereocenters. The molecular formula is C10H17N5O3. The SMILES string of the molecule is CN(C)CCCNc1[nH]c(=O)n(C)c(=O)c1N=O. The highest BCUT2D eigenvalue weighted by Crippen LogP contribution is 2.14. The summed E-state index contributed by atoms with van der Waals surface area (Å²) in [6.45, 7) is 1.38. The minimum absolute atomic E-state index is 0.0804. The van der Waals surface area contributed by atoms with Crippen molar-refractivity contribution in [2.75, 3.05) is 32.5 Å². The minimum atomic E-state index is -0.705. The first-order chi connectivity index (χ1) is 8.47. The van der Waals surface area contributed by atoms with Gasteiger partial charge in [0.15, 0.2) is 0 Å². The molecule has 8 nitrogen and oxygen atoms in total. The molecule has 0 aliphatic heterocycles. The van der Waals surface area contributed by atoms with Crippen LogP contribution in [0.5, 0.6) is 0 Å². The molecule has 0 aliphatic rings. The average Bonchev–Trinajstić information content (AvgIpc) is 2.32. The van der Waals surface area contributed by atoms with Gasteiger partial charge in [-0.2, -0.15) is 0 Å². The van der Waals surface area contributed by atoms with E-state index in [1.54, 1.807) is 0 Å². The summed E-state index contributed by atoms with van der Waals surface area (Å²) in [5.41, 5.74) is -1.59. The largest absolute Gasteiger partial charge is 0.369 e. The highest BCUT2D eigenvalue weighted by atomic mass is 16.3. The van der Waals surface area contributed by atoms with E-state index in [4.69, 9.17) is 0 Å². The van der Waals surface area contributed by atoms with E-state index < -0.39 is 11.2 Å². The second-order valence-corrected chi connectivity index (χ2v) is 4.19. The summed E-state index contributed by atoms with van der Waals surface area (Å²) >= 11 is 0. The molecule has 1 rings (SSSR count). The molecule has 0 bridgehead atoms. The van der Waals surface area contributed by atoms with Crippen molar-refractivity contribution in [3.05, 3.63) is 25.7 Å². The van der Waals surface area contributed by atoms with Crippen molar-refractivity contribution in [3.63, 3.8) is 0 Å². The normalized spacial score (nSPS) is 10.7. The predicted molar refractivity (Wildman–Crippen MR) is 69.4 cm³/mol. The monoisotopic (exact) mass is 255 g/mol. The summed E-state index contributed by atoms with van der Waals surface area (Å²) in [7, 11) is 5.17. The molecule has 1 aromatic heterocycles. The molecule has 0 unspecified atom stereocenters. The molecule has 0 aromatic carbocycles. The lowest BCUT2D eigenvalue weighted by atomic mass is 10.4. The lowest BCUT2D eigenvalue weighted by Gasteiger charge is -2.11. The second kappa shape index (κ2) is 6.10. The summed E-state index contributed by atoms with van der Waals surface area (Å²) in [6, 6.07) is 0. The van der Waals surface area contributed by atoms with Crippen LogP contribution in [0.1, 0.15) is 6.42 Å². The molecule has 0 saturated carbocycles. The van der Waals surface area contributed by atoms with E-state index in [1.165, 1.54) is 7.05 Å². The first-order valence-electron chi connectivity index (χ1n) is 5.52. The average molecular weight is 255 g/mol. The molecule has 0 saturated heterocycles. The molecule has 8 heteroatoms. The fourth-order valence-corrected chi connectivity index (χ4v) is 1.43. The van der Waals surface area contributed by atoms with Gasteiger partial charge in [0.2, 0.25) is 5.69 Å². The number of rotatable bonds is 6. The standard InChI is InChI=1S/C10H17N5O3/c1-14(2)6-4-5-11-8-7(13-18)9(16)15(3)10(17)12-8/h11H,4-6H2,1-3H3,(H,12,17). The van der Waals surface area contributed by atoms with Gasteiger partial charge < -0.3 is 10.2 Å². The summed E-state index contributed by atoms with van der Waals surface area (Å²) in [4.78, 5) is 38.0. The Kier molecular flexibility index (Phi) is 4.78. The maximum atomic E-state index is 11.6. The highest BCUT2D eigenvalue weighted by molar-refractivity contribution is 5.58. The highest BCUT2D eigenvalue weighted by Gasteiger charge is 2.12. The maximum Gasteiger partial charge on any atom is 0.329 e. The molecule has 100 valence electrons. The van der Waals surface area contributed by atoms with E-state index in [0.717, 1.165) is 17.5 Å². The van der Waals surface area contributed by atoms with Gasteiger partial charge in [-0.15, -0.1) is 4.91 Å². The van der Waals surface area contributed by atoms with Crippen LogP contribution in [0, 0.1) is 4.91 Å². The van der Waals surface area contributed by atoms with Crippen LogP contribution >= 0.6 is 0 Å². The van der Waals surface area contributed by atoms with Crippen LogP contribution in [0.4, 0.5) is 11.5 Å². The number of H-pyrrole nitrogens is 1. The van der Waals surface area contributed by atoms with E-state index in [1.807, 2.05) is 19.0 Å². The van der Waals surface area contributed by atoms with E-state index in [2.05, 4.69) is 15.5 Å². The fraction of sp³-hybridized carbons (Fsp3) is 0.600. The topological polar surface area (TPSA) is 99.6 Å². The van der Waals surface area contributed by atoms with Crippen molar-refractivity contribution < 1.29 is 0 Å². The van der Waals surface area contributed by atoms with Crippen LogP contribution in [-0.4, -0.2) is 41.6 Å². The van der Waals surface area contributed by atoms with Gasteiger partial charge in [0.25, 0.3) is 5.56 Å². The quantitative estimate of drug-likeness (QED) is 0.543. The van der Waals surface area contributed by atoms with E-state index in [-0.39, 0.29) is 11.5 Å². The van der Waals surface area contributed by atoms with Gasteiger partial charge in [0.05, 0.1) is 0 Å². The molecule has 1 aromatic rings. The summed E-state index contributed by atoms with van der Waals surface area (Å²) in [5.74, 6) is 0.0804. The lowest BCUT2D eigenvalue weighted by molar-refractivity contribution is 0.405. The molecular weight excluding hydrogens is 238 g/mol. The van der Waals surface area contributed by atoms with Crippen molar-refractivity contribution >= 4 is 11.5 Å². The fourth-order valence-electron chi connectivity index (χ4n) is 1.43. The first kappa shape index (κ1) is 14.1. The summed E-state index contributed by atoms with van der Waals surface area (Å²) < 4.78 is 0.807. The Morgan fingerprint density at radius 2 is 2.06 bits per heavy atom. The molecule has 0 fully saturated rings. The van der Waals surface area contributed by atoms with Crippen molar-refractivity contribution in [3.8, 4) is 0 Å². The molecule has 0 amide bonds. The molecule has 2 N–H and O–H groups in total. The van der Waals surface area contributed by atoms with Crippen LogP contribution in [0.3, 0.4) is 0 Å². The van der Waals surface area contributed by atoms with E-state index >= 15 is 0 Å². The first-order valence-corrected chi connectivity index (χ1v) is 5.52. The zero-order chi connectivity index (χ0) is 13.7. The van der Waals surface area contributed by atoms with Gasteiger partial charge >= 0.3 is 5.69 Å². The van der Waals surface area contributed by atoms with E-state index in [9.17, 15) is 14.5 Å². The van der Waals surface area contributed by atoms with Crippen LogP contribution in [0.25, 0.3) is 0 Å². The number of hydrogen-bond donors (Lipinski definition) is 2. The van der Waals surface area contributed by atoms with Crippen molar-refractivity contribution in [1.82, 2.24) is 14.5 Å². The number of hydrogen-bond acceptors (Lipinski definition) is 6. The molecule has 1 heterocycles. The zero-order valence-corrected chi connectivity index (χ0v) is 10.7. The molecule has 0 aliphatic carbocycles. The number of nitrogens with zero attached hydrogens (tertiary/aromatic N) is 3.